The molecule has 0 atom stereocenters. The number of hydrogen-bond acceptors (Lipinski definition) is 5. The number of aliphatic hydroxyl groups is 1. The molecule has 0 saturated heterocycles. The number of aromatic nitrogens is 3. The molecular weight excluding hydrogens is 420 g/mol. The van der Waals surface area contributed by atoms with Crippen LogP contribution in [0.3, 0.4) is 0 Å². The average molecular weight is 447 g/mol. The van der Waals surface area contributed by atoms with E-state index >= 15 is 0 Å². The second kappa shape index (κ2) is 9.70. The zero-order valence-electron chi connectivity index (χ0n) is 18.6. The normalized spacial score (nSPS) is 11.0. The second-order valence-corrected chi connectivity index (χ2v) is 7.63. The number of carbonyl (C=O) groups is 1. The number of fused-ring (bicyclic) bond motifs is 1. The fourth-order valence-electron chi connectivity index (χ4n) is 3.83. The molecule has 0 radical (unpaired) electrons. The standard InChI is InChI=1S/C25H26N4O4/c1-3-27(15-18-7-5-4-6-8-18)22(31)16-28-13-14-29-24(25(28)32)21(17-30)23(26-29)19-9-11-20(33-2)12-10-19/h4-14,30H,3,15-17H2,1-2H3. The zero-order valence-corrected chi connectivity index (χ0v) is 18.6. The number of rotatable bonds is 8. The Kier molecular flexibility index (Phi) is 6.55. The van der Waals surface area contributed by atoms with Crippen molar-refractivity contribution in [2.24, 2.45) is 0 Å². The van der Waals surface area contributed by atoms with E-state index in [1.807, 2.05) is 49.4 Å². The molecule has 0 saturated carbocycles. The summed E-state index contributed by atoms with van der Waals surface area (Å²) in [5.74, 6) is 0.540. The summed E-state index contributed by atoms with van der Waals surface area (Å²) in [6.07, 6.45) is 3.18. The quantitative estimate of drug-likeness (QED) is 0.450. The average Bonchev–Trinajstić information content (AvgIpc) is 3.24. The summed E-state index contributed by atoms with van der Waals surface area (Å²) in [5, 5.41) is 14.6. The van der Waals surface area contributed by atoms with Gasteiger partial charge in [-0.05, 0) is 36.8 Å². The van der Waals surface area contributed by atoms with Crippen molar-refractivity contribution in [1.29, 1.82) is 0 Å². The van der Waals surface area contributed by atoms with E-state index in [2.05, 4.69) is 5.10 Å². The summed E-state index contributed by atoms with van der Waals surface area (Å²) >= 11 is 0. The third kappa shape index (κ3) is 4.51. The molecule has 0 unspecified atom stereocenters. The van der Waals surface area contributed by atoms with Crippen LogP contribution in [-0.2, 0) is 24.5 Å². The minimum absolute atomic E-state index is 0.0933. The fraction of sp³-hybridized carbons (Fsp3) is 0.240. The number of hydrogen-bond donors (Lipinski definition) is 1. The number of methoxy groups -OCH3 is 1. The summed E-state index contributed by atoms with van der Waals surface area (Å²) in [5.41, 5.74) is 2.59. The Hall–Kier alpha value is -3.91. The van der Waals surface area contributed by atoms with Crippen molar-refractivity contribution >= 4 is 11.4 Å². The summed E-state index contributed by atoms with van der Waals surface area (Å²) in [6, 6.07) is 17.0. The van der Waals surface area contributed by atoms with Crippen LogP contribution in [0.15, 0.2) is 71.8 Å². The molecule has 4 aromatic rings. The van der Waals surface area contributed by atoms with Gasteiger partial charge in [-0.2, -0.15) is 5.10 Å². The maximum absolute atomic E-state index is 13.3. The first-order chi connectivity index (χ1) is 16.0. The molecule has 0 spiro atoms. The van der Waals surface area contributed by atoms with Gasteiger partial charge in [0.2, 0.25) is 5.91 Å². The number of ether oxygens (including phenoxy) is 1. The van der Waals surface area contributed by atoms with E-state index in [-0.39, 0.29) is 30.1 Å². The summed E-state index contributed by atoms with van der Waals surface area (Å²) in [6.45, 7) is 2.47. The minimum atomic E-state index is -0.377. The Morgan fingerprint density at radius 2 is 1.82 bits per heavy atom. The van der Waals surface area contributed by atoms with Gasteiger partial charge >= 0.3 is 0 Å². The molecule has 0 bridgehead atoms. The molecule has 4 rings (SSSR count). The van der Waals surface area contributed by atoms with Crippen molar-refractivity contribution < 1.29 is 14.6 Å². The molecule has 0 aliphatic carbocycles. The molecule has 0 aliphatic heterocycles. The summed E-state index contributed by atoms with van der Waals surface area (Å²) in [7, 11) is 1.59. The first-order valence-electron chi connectivity index (χ1n) is 10.7. The maximum Gasteiger partial charge on any atom is 0.277 e. The Balaban J connectivity index is 1.65. The fourth-order valence-corrected chi connectivity index (χ4v) is 3.83. The third-order valence-corrected chi connectivity index (χ3v) is 5.64. The minimum Gasteiger partial charge on any atom is -0.497 e. The predicted molar refractivity (Wildman–Crippen MR) is 125 cm³/mol. The van der Waals surface area contributed by atoms with Gasteiger partial charge < -0.3 is 19.3 Å². The molecule has 1 amide bonds. The van der Waals surface area contributed by atoms with Gasteiger partial charge in [0, 0.05) is 36.6 Å². The van der Waals surface area contributed by atoms with Crippen molar-refractivity contribution in [1.82, 2.24) is 19.1 Å². The van der Waals surface area contributed by atoms with Gasteiger partial charge in [0.1, 0.15) is 17.8 Å². The predicted octanol–water partition coefficient (Wildman–Crippen LogP) is 2.71. The van der Waals surface area contributed by atoms with E-state index < -0.39 is 0 Å². The highest BCUT2D eigenvalue weighted by Gasteiger charge is 2.20. The van der Waals surface area contributed by atoms with Crippen molar-refractivity contribution in [2.75, 3.05) is 13.7 Å². The lowest BCUT2D eigenvalue weighted by Gasteiger charge is -2.21. The van der Waals surface area contributed by atoms with Crippen molar-refractivity contribution in [3.8, 4) is 17.0 Å². The maximum atomic E-state index is 13.3. The summed E-state index contributed by atoms with van der Waals surface area (Å²) in [4.78, 5) is 27.9. The van der Waals surface area contributed by atoms with Crippen LogP contribution >= 0.6 is 0 Å². The number of likely N-dealkylation sites (N-methyl/N-ethyl adjacent to an activating group) is 1. The SMILES string of the molecule is CCN(Cc1ccccc1)C(=O)Cn1ccn2nc(-c3ccc(OC)cc3)c(CO)c2c1=O. The van der Waals surface area contributed by atoms with Gasteiger partial charge in [0.15, 0.2) is 0 Å². The van der Waals surface area contributed by atoms with E-state index in [9.17, 15) is 14.7 Å². The molecule has 2 aromatic carbocycles. The van der Waals surface area contributed by atoms with Gasteiger partial charge in [-0.1, -0.05) is 30.3 Å². The van der Waals surface area contributed by atoms with E-state index in [1.165, 1.54) is 9.08 Å². The van der Waals surface area contributed by atoms with Gasteiger partial charge in [-0.15, -0.1) is 0 Å². The van der Waals surface area contributed by atoms with Crippen molar-refractivity contribution in [3.63, 3.8) is 0 Å². The lowest BCUT2D eigenvalue weighted by Crippen LogP contribution is -2.36. The summed E-state index contributed by atoms with van der Waals surface area (Å²) < 4.78 is 8.01. The second-order valence-electron chi connectivity index (χ2n) is 7.63. The van der Waals surface area contributed by atoms with Crippen LogP contribution in [0.1, 0.15) is 18.1 Å². The molecule has 1 N–H and O–H groups in total. The highest BCUT2D eigenvalue weighted by Crippen LogP contribution is 2.26. The van der Waals surface area contributed by atoms with E-state index in [0.717, 1.165) is 11.1 Å². The Morgan fingerprint density at radius 3 is 2.45 bits per heavy atom. The van der Waals surface area contributed by atoms with Gasteiger partial charge in [-0.3, -0.25) is 9.59 Å². The molecular formula is C25H26N4O4. The largest absolute Gasteiger partial charge is 0.497 e. The van der Waals surface area contributed by atoms with Gasteiger partial charge in [0.05, 0.1) is 19.4 Å². The molecule has 2 aromatic heterocycles. The molecule has 8 nitrogen and oxygen atoms in total. The lowest BCUT2D eigenvalue weighted by atomic mass is 10.1. The van der Waals surface area contributed by atoms with Crippen LogP contribution < -0.4 is 10.3 Å². The Morgan fingerprint density at radius 1 is 1.09 bits per heavy atom. The van der Waals surface area contributed by atoms with Crippen molar-refractivity contribution in [3.05, 3.63) is 88.5 Å². The number of nitrogens with zero attached hydrogens (tertiary/aromatic N) is 4. The van der Waals surface area contributed by atoms with Gasteiger partial charge in [0.25, 0.3) is 5.56 Å². The first-order valence-corrected chi connectivity index (χ1v) is 10.7. The lowest BCUT2D eigenvalue weighted by molar-refractivity contribution is -0.132. The smallest absolute Gasteiger partial charge is 0.277 e. The van der Waals surface area contributed by atoms with E-state index in [4.69, 9.17) is 4.74 Å². The van der Waals surface area contributed by atoms with Crippen LogP contribution in [0.2, 0.25) is 0 Å². The van der Waals surface area contributed by atoms with Gasteiger partial charge in [-0.25, -0.2) is 4.52 Å². The molecule has 170 valence electrons. The number of aliphatic hydroxyl groups excluding tert-OH is 1. The highest BCUT2D eigenvalue weighted by molar-refractivity contribution is 5.76. The van der Waals surface area contributed by atoms with Crippen LogP contribution in [0.25, 0.3) is 16.8 Å². The number of benzene rings is 2. The van der Waals surface area contributed by atoms with Crippen LogP contribution in [0.5, 0.6) is 5.75 Å². The number of carbonyl (C=O) groups excluding carboxylic acids is 1. The molecule has 0 fully saturated rings. The zero-order chi connectivity index (χ0) is 23.4. The number of amides is 1. The molecule has 0 aliphatic rings. The van der Waals surface area contributed by atoms with Crippen LogP contribution in [0.4, 0.5) is 0 Å². The highest BCUT2D eigenvalue weighted by atomic mass is 16.5. The van der Waals surface area contributed by atoms with Crippen LogP contribution in [0, 0.1) is 0 Å². The van der Waals surface area contributed by atoms with Crippen LogP contribution in [-0.4, -0.2) is 43.7 Å². The molecule has 33 heavy (non-hydrogen) atoms. The van der Waals surface area contributed by atoms with E-state index in [0.29, 0.717) is 30.1 Å². The Bertz CT molecular complexity index is 1310. The monoisotopic (exact) mass is 446 g/mol. The first kappa shape index (κ1) is 22.3. The van der Waals surface area contributed by atoms with E-state index in [1.54, 1.807) is 36.5 Å². The Labute approximate surface area is 191 Å². The molecule has 2 heterocycles. The third-order valence-electron chi connectivity index (χ3n) is 5.64. The molecule has 8 heteroatoms. The van der Waals surface area contributed by atoms with Crippen molar-refractivity contribution in [2.45, 2.75) is 26.6 Å². The topological polar surface area (TPSA) is 89.1 Å².